The Morgan fingerprint density at radius 3 is 0.960 bits per heavy atom. The van der Waals surface area contributed by atoms with Crippen LogP contribution in [0.2, 0.25) is 0 Å². The Morgan fingerprint density at radius 1 is 0.560 bits per heavy atom. The van der Waals surface area contributed by atoms with Crippen LogP contribution in [-0.4, -0.2) is 9.89 Å². The summed E-state index contributed by atoms with van der Waals surface area (Å²) in [6.07, 6.45) is 13.0. The molecule has 3 atom stereocenters. The van der Waals surface area contributed by atoms with Crippen LogP contribution in [0.4, 0.5) is 0 Å². The van der Waals surface area contributed by atoms with Gasteiger partial charge in [-0.25, -0.2) is 0 Å². The van der Waals surface area contributed by atoms with Crippen molar-refractivity contribution < 1.29 is 21.4 Å². The van der Waals surface area contributed by atoms with Crippen LogP contribution in [0.3, 0.4) is 0 Å². The summed E-state index contributed by atoms with van der Waals surface area (Å²) in [5, 5.41) is 0. The summed E-state index contributed by atoms with van der Waals surface area (Å²) in [6.45, 7) is 12.9. The molecular weight excluding hydrogens is 473 g/mol. The van der Waals surface area contributed by atoms with Gasteiger partial charge in [-0.15, -0.1) is 0 Å². The number of hydrogen-bond acceptors (Lipinski definition) is 3. The summed E-state index contributed by atoms with van der Waals surface area (Å²) >= 11 is -3.14. The summed E-state index contributed by atoms with van der Waals surface area (Å²) in [7, 11) is 0. The van der Waals surface area contributed by atoms with E-state index in [-0.39, 0.29) is 0 Å². The van der Waals surface area contributed by atoms with E-state index in [1.165, 1.54) is 33.4 Å². The number of rotatable bonds is 3. The van der Waals surface area contributed by atoms with Gasteiger partial charge in [-0.05, 0) is 0 Å². The third-order valence-corrected chi connectivity index (χ3v) is 21.4. The molecule has 0 aromatic heterocycles. The van der Waals surface area contributed by atoms with Crippen LogP contribution in [-0.2, 0) is 21.4 Å². The van der Waals surface area contributed by atoms with Crippen LogP contribution >= 0.6 is 0 Å². The topological polar surface area (TPSA) is 78.1 Å². The molecular formula is C21H30HfN3. The van der Waals surface area contributed by atoms with Gasteiger partial charge >= 0.3 is 160 Å². The molecule has 4 heteroatoms. The minimum absolute atomic E-state index is 0.481. The molecule has 0 aromatic carbocycles. The van der Waals surface area contributed by atoms with Crippen LogP contribution in [0.5, 0.6) is 0 Å². The van der Waals surface area contributed by atoms with Crippen molar-refractivity contribution in [2.45, 2.75) is 51.4 Å². The van der Waals surface area contributed by atoms with Crippen molar-refractivity contribution in [3.63, 3.8) is 0 Å². The van der Waals surface area contributed by atoms with Gasteiger partial charge in [0.05, 0.1) is 0 Å². The zero-order chi connectivity index (χ0) is 18.8. The second-order valence-electron chi connectivity index (χ2n) is 7.91. The van der Waals surface area contributed by atoms with Crippen molar-refractivity contribution in [3.05, 3.63) is 69.9 Å². The van der Waals surface area contributed by atoms with Crippen molar-refractivity contribution in [2.24, 2.45) is 17.2 Å². The second kappa shape index (κ2) is 5.85. The normalized spacial score (nSPS) is 37.3. The van der Waals surface area contributed by atoms with Gasteiger partial charge < -0.3 is 0 Å². The van der Waals surface area contributed by atoms with E-state index in [9.17, 15) is 0 Å². The van der Waals surface area contributed by atoms with Crippen molar-refractivity contribution in [2.75, 3.05) is 0 Å². The van der Waals surface area contributed by atoms with E-state index in [0.29, 0.717) is 0 Å². The molecule has 0 saturated carbocycles. The Hall–Kier alpha value is -0.810. The summed E-state index contributed by atoms with van der Waals surface area (Å²) in [5.41, 5.74) is 28.9. The van der Waals surface area contributed by atoms with E-state index < -0.39 is 31.3 Å². The van der Waals surface area contributed by atoms with Crippen molar-refractivity contribution in [1.82, 2.24) is 0 Å². The second-order valence-corrected chi connectivity index (χ2v) is 19.5. The monoisotopic (exact) mass is 504 g/mol. The van der Waals surface area contributed by atoms with Crippen molar-refractivity contribution >= 4 is 0 Å². The molecule has 0 aromatic rings. The van der Waals surface area contributed by atoms with Gasteiger partial charge in [-0.2, -0.15) is 0 Å². The fraction of sp³-hybridized carbons (Fsp3) is 0.429. The first-order valence-corrected chi connectivity index (χ1v) is 14.2. The zero-order valence-electron chi connectivity index (χ0n) is 16.2. The predicted molar refractivity (Wildman–Crippen MR) is 103 cm³/mol. The molecule has 3 nitrogen and oxygen atoms in total. The average Bonchev–Trinajstić information content (AvgIpc) is 3.08. The molecule has 0 saturated heterocycles. The number of allylic oxidation sites excluding steroid dienone is 6. The molecule has 3 aliphatic carbocycles. The number of hydrogen-bond donors (Lipinski definition) is 3. The van der Waals surface area contributed by atoms with Gasteiger partial charge in [0.1, 0.15) is 0 Å². The molecule has 133 valence electrons. The van der Waals surface area contributed by atoms with Crippen LogP contribution in [0.1, 0.15) is 41.5 Å². The predicted octanol–water partition coefficient (Wildman–Crippen LogP) is 3.29. The maximum absolute atomic E-state index is 7.16. The van der Waals surface area contributed by atoms with Gasteiger partial charge in [0.25, 0.3) is 0 Å². The van der Waals surface area contributed by atoms with Gasteiger partial charge in [0, 0.05) is 0 Å². The summed E-state index contributed by atoms with van der Waals surface area (Å²) in [5.74, 6) is 0. The quantitative estimate of drug-likeness (QED) is 0.518. The molecule has 25 heavy (non-hydrogen) atoms. The SMILES string of the molecule is CC1=C(C)[C](N)([Hf]([C]2(N)C=CC(C)=C2C)[C]2(N)C=CC(C)=C2C)C=C1. The fourth-order valence-electron chi connectivity index (χ4n) is 4.34. The van der Waals surface area contributed by atoms with Crippen molar-refractivity contribution in [1.29, 1.82) is 0 Å². The van der Waals surface area contributed by atoms with E-state index in [4.69, 9.17) is 17.2 Å². The van der Waals surface area contributed by atoms with Gasteiger partial charge in [-0.3, -0.25) is 0 Å². The molecule has 0 heterocycles. The van der Waals surface area contributed by atoms with Gasteiger partial charge in [-0.1, -0.05) is 0 Å². The van der Waals surface area contributed by atoms with E-state index >= 15 is 0 Å². The average molecular weight is 503 g/mol. The van der Waals surface area contributed by atoms with Crippen LogP contribution < -0.4 is 17.2 Å². The Kier molecular flexibility index (Phi) is 4.44. The number of nitrogens with two attached hydrogens (primary N) is 3. The Labute approximate surface area is 159 Å². The van der Waals surface area contributed by atoms with Gasteiger partial charge in [0.2, 0.25) is 0 Å². The third-order valence-electron chi connectivity index (χ3n) is 6.67. The Balaban J connectivity index is 2.29. The van der Waals surface area contributed by atoms with Crippen LogP contribution in [0.15, 0.2) is 69.9 Å². The Bertz CT molecular complexity index is 717. The molecule has 6 N–H and O–H groups in total. The standard InChI is InChI=1S/3C7H10N.Hf/c3*1-5-3-4-7(8)6(5)2;/h3*3-4H,8H2,1-2H3;. The zero-order valence-corrected chi connectivity index (χ0v) is 19.8. The summed E-state index contributed by atoms with van der Waals surface area (Å²) < 4.78 is -1.44. The summed E-state index contributed by atoms with van der Waals surface area (Å²) in [6, 6.07) is 0. The summed E-state index contributed by atoms with van der Waals surface area (Å²) in [4.78, 5) is 0. The molecule has 0 fully saturated rings. The molecule has 3 unspecified atom stereocenters. The van der Waals surface area contributed by atoms with Gasteiger partial charge in [0.15, 0.2) is 0 Å². The first kappa shape index (κ1) is 19.0. The van der Waals surface area contributed by atoms with E-state index in [0.717, 1.165) is 0 Å². The van der Waals surface area contributed by atoms with Crippen molar-refractivity contribution in [3.8, 4) is 0 Å². The molecule has 0 aliphatic heterocycles. The molecule has 3 rings (SSSR count). The molecule has 0 radical (unpaired) electrons. The molecule has 3 aliphatic rings. The maximum atomic E-state index is 7.16. The first-order valence-electron chi connectivity index (χ1n) is 8.85. The third kappa shape index (κ3) is 2.45. The van der Waals surface area contributed by atoms with E-state index in [1.807, 2.05) is 0 Å². The molecule has 0 spiro atoms. The fourth-order valence-corrected chi connectivity index (χ4v) is 20.6. The minimum atomic E-state index is -3.14. The first-order chi connectivity index (χ1) is 11.5. The van der Waals surface area contributed by atoms with E-state index in [1.54, 1.807) is 0 Å². The Morgan fingerprint density at radius 2 is 0.800 bits per heavy atom. The molecule has 0 bridgehead atoms. The van der Waals surface area contributed by atoms with Crippen LogP contribution in [0, 0.1) is 0 Å². The van der Waals surface area contributed by atoms with E-state index in [2.05, 4.69) is 78.0 Å². The molecule has 0 amide bonds. The van der Waals surface area contributed by atoms with Crippen LogP contribution in [0.25, 0.3) is 0 Å².